The van der Waals surface area contributed by atoms with Gasteiger partial charge in [-0.05, 0) is 40.2 Å². The minimum Gasteiger partial charge on any atom is -0.444 e. The van der Waals surface area contributed by atoms with Crippen molar-refractivity contribution in [3.63, 3.8) is 0 Å². The van der Waals surface area contributed by atoms with Crippen molar-refractivity contribution in [2.45, 2.75) is 12.7 Å². The Morgan fingerprint density at radius 1 is 1.15 bits per heavy atom. The van der Waals surface area contributed by atoms with Crippen LogP contribution in [0.5, 0.6) is 11.5 Å². The van der Waals surface area contributed by atoms with Gasteiger partial charge in [0.05, 0.1) is 10.0 Å². The zero-order valence-electron chi connectivity index (χ0n) is 10.2. The Morgan fingerprint density at radius 2 is 1.90 bits per heavy atom. The monoisotopic (exact) mass is 360 g/mol. The predicted octanol–water partition coefficient (Wildman–Crippen LogP) is 5.02. The maximum atomic E-state index is 14.0. The van der Waals surface area contributed by atoms with Crippen LogP contribution in [0.1, 0.15) is 12.5 Å². The van der Waals surface area contributed by atoms with Gasteiger partial charge in [-0.25, -0.2) is 8.78 Å². The molecule has 1 aliphatic rings. The van der Waals surface area contributed by atoms with Crippen LogP contribution in [0.4, 0.5) is 8.78 Å². The fraction of sp³-hybridized carbons (Fsp3) is 0.143. The molecule has 1 unspecified atom stereocenters. The molecular formula is C14H8BrClF2O2. The molecule has 0 spiro atoms. The smallest absolute Gasteiger partial charge is 0.278 e. The Kier molecular flexibility index (Phi) is 3.14. The predicted molar refractivity (Wildman–Crippen MR) is 74.1 cm³/mol. The Bertz CT molecular complexity index is 708. The summed E-state index contributed by atoms with van der Waals surface area (Å²) in [6.07, 6.45) is 0. The zero-order valence-corrected chi connectivity index (χ0v) is 12.6. The van der Waals surface area contributed by atoms with Crippen LogP contribution in [-0.2, 0) is 5.79 Å². The second kappa shape index (κ2) is 4.60. The summed E-state index contributed by atoms with van der Waals surface area (Å²) in [6, 6.07) is 6.64. The summed E-state index contributed by atoms with van der Waals surface area (Å²) in [5, 5.41) is 0.276. The molecular weight excluding hydrogens is 354 g/mol. The average molecular weight is 362 g/mol. The topological polar surface area (TPSA) is 18.5 Å². The van der Waals surface area contributed by atoms with E-state index in [4.69, 9.17) is 21.1 Å². The molecule has 104 valence electrons. The zero-order chi connectivity index (χ0) is 14.5. The van der Waals surface area contributed by atoms with Crippen LogP contribution >= 0.6 is 27.5 Å². The second-order valence-corrected chi connectivity index (χ2v) is 5.78. The van der Waals surface area contributed by atoms with Gasteiger partial charge in [0.15, 0.2) is 11.5 Å². The molecule has 0 aromatic heterocycles. The first kappa shape index (κ1) is 13.6. The van der Waals surface area contributed by atoms with Crippen molar-refractivity contribution in [3.05, 3.63) is 57.0 Å². The van der Waals surface area contributed by atoms with Gasteiger partial charge in [0.25, 0.3) is 5.79 Å². The molecule has 0 N–H and O–H groups in total. The van der Waals surface area contributed by atoms with Crippen LogP contribution < -0.4 is 9.47 Å². The molecule has 0 fully saturated rings. The summed E-state index contributed by atoms with van der Waals surface area (Å²) in [7, 11) is 0. The molecule has 2 aromatic rings. The standard InChI is InChI=1S/C14H8BrClF2O2/c1-14(9-3-2-7(16)4-11(9)18)19-12-6-8(17)5-10(15)13(12)20-14/h2-6H,1H3. The summed E-state index contributed by atoms with van der Waals surface area (Å²) in [4.78, 5) is 0. The van der Waals surface area contributed by atoms with Crippen molar-refractivity contribution < 1.29 is 18.3 Å². The highest BCUT2D eigenvalue weighted by molar-refractivity contribution is 9.10. The number of hydrogen-bond acceptors (Lipinski definition) is 2. The molecule has 0 aliphatic carbocycles. The van der Waals surface area contributed by atoms with E-state index in [-0.39, 0.29) is 16.3 Å². The fourth-order valence-electron chi connectivity index (χ4n) is 2.10. The average Bonchev–Trinajstić information content (AvgIpc) is 2.66. The quantitative estimate of drug-likeness (QED) is 0.710. The molecule has 2 aromatic carbocycles. The maximum Gasteiger partial charge on any atom is 0.278 e. The number of halogens is 4. The number of benzene rings is 2. The summed E-state index contributed by atoms with van der Waals surface area (Å²) in [6.45, 7) is 1.56. The van der Waals surface area contributed by atoms with Gasteiger partial charge >= 0.3 is 0 Å². The first-order chi connectivity index (χ1) is 9.39. The molecule has 0 radical (unpaired) electrons. The lowest BCUT2D eigenvalue weighted by atomic mass is 10.1. The van der Waals surface area contributed by atoms with E-state index in [2.05, 4.69) is 15.9 Å². The van der Waals surface area contributed by atoms with E-state index in [0.29, 0.717) is 10.2 Å². The van der Waals surface area contributed by atoms with Gasteiger partial charge < -0.3 is 9.47 Å². The largest absolute Gasteiger partial charge is 0.444 e. The highest BCUT2D eigenvalue weighted by atomic mass is 79.9. The first-order valence-electron chi connectivity index (χ1n) is 5.72. The lowest BCUT2D eigenvalue weighted by Gasteiger charge is -2.24. The molecule has 2 nitrogen and oxygen atoms in total. The summed E-state index contributed by atoms with van der Waals surface area (Å²) in [5.74, 6) is -1.84. The third-order valence-electron chi connectivity index (χ3n) is 3.00. The van der Waals surface area contributed by atoms with Gasteiger partial charge in [-0.2, -0.15) is 0 Å². The normalized spacial score (nSPS) is 20.2. The van der Waals surface area contributed by atoms with E-state index < -0.39 is 17.4 Å². The van der Waals surface area contributed by atoms with E-state index in [0.717, 1.165) is 0 Å². The molecule has 0 bridgehead atoms. The van der Waals surface area contributed by atoms with Gasteiger partial charge in [0.2, 0.25) is 0 Å². The number of hydrogen-bond donors (Lipinski definition) is 0. The van der Waals surface area contributed by atoms with E-state index in [1.54, 1.807) is 6.92 Å². The summed E-state index contributed by atoms with van der Waals surface area (Å²) < 4.78 is 39.0. The van der Waals surface area contributed by atoms with Gasteiger partial charge in [-0.15, -0.1) is 0 Å². The molecule has 1 aliphatic heterocycles. The molecule has 20 heavy (non-hydrogen) atoms. The van der Waals surface area contributed by atoms with Crippen LogP contribution in [0.15, 0.2) is 34.8 Å². The van der Waals surface area contributed by atoms with Crippen LogP contribution in [0, 0.1) is 11.6 Å². The fourth-order valence-corrected chi connectivity index (χ4v) is 2.76. The molecule has 1 atom stereocenters. The molecule has 3 rings (SSSR count). The molecule has 0 amide bonds. The Hall–Kier alpha value is -1.33. The minimum absolute atomic E-state index is 0.186. The SMILES string of the molecule is CC1(c2ccc(Cl)cc2F)Oc2cc(F)cc(Br)c2O1. The summed E-state index contributed by atoms with van der Waals surface area (Å²) in [5.41, 5.74) is 0.186. The molecule has 0 saturated carbocycles. The number of rotatable bonds is 1. The van der Waals surface area contributed by atoms with Gasteiger partial charge in [-0.1, -0.05) is 11.6 Å². The van der Waals surface area contributed by atoms with Gasteiger partial charge in [-0.3, -0.25) is 0 Å². The highest BCUT2D eigenvalue weighted by Crippen LogP contribution is 2.48. The van der Waals surface area contributed by atoms with E-state index in [1.165, 1.54) is 30.3 Å². The van der Waals surface area contributed by atoms with Crippen molar-refractivity contribution in [3.8, 4) is 11.5 Å². The van der Waals surface area contributed by atoms with Crippen LogP contribution in [-0.4, -0.2) is 0 Å². The van der Waals surface area contributed by atoms with Gasteiger partial charge in [0, 0.05) is 18.0 Å². The number of ether oxygens (including phenoxy) is 2. The number of fused-ring (bicyclic) bond motifs is 1. The van der Waals surface area contributed by atoms with Crippen LogP contribution in [0.2, 0.25) is 5.02 Å². The lowest BCUT2D eigenvalue weighted by Crippen LogP contribution is -2.32. The third kappa shape index (κ3) is 2.15. The van der Waals surface area contributed by atoms with Crippen molar-refractivity contribution in [2.75, 3.05) is 0 Å². The van der Waals surface area contributed by atoms with Crippen molar-refractivity contribution in [2.24, 2.45) is 0 Å². The molecule has 6 heteroatoms. The Morgan fingerprint density at radius 3 is 2.60 bits per heavy atom. The van der Waals surface area contributed by atoms with Crippen LogP contribution in [0.3, 0.4) is 0 Å². The van der Waals surface area contributed by atoms with Crippen molar-refractivity contribution in [1.29, 1.82) is 0 Å². The minimum atomic E-state index is -1.37. The van der Waals surface area contributed by atoms with Crippen molar-refractivity contribution in [1.82, 2.24) is 0 Å². The lowest BCUT2D eigenvalue weighted by molar-refractivity contribution is -0.0710. The molecule has 1 heterocycles. The third-order valence-corrected chi connectivity index (χ3v) is 3.82. The Labute approximate surface area is 127 Å². The van der Waals surface area contributed by atoms with Crippen molar-refractivity contribution >= 4 is 27.5 Å². The van der Waals surface area contributed by atoms with E-state index in [1.807, 2.05) is 0 Å². The van der Waals surface area contributed by atoms with Gasteiger partial charge in [0.1, 0.15) is 11.6 Å². The second-order valence-electron chi connectivity index (χ2n) is 4.49. The van der Waals surface area contributed by atoms with E-state index in [9.17, 15) is 8.78 Å². The van der Waals surface area contributed by atoms with E-state index >= 15 is 0 Å². The Balaban J connectivity index is 2.07. The molecule has 0 saturated heterocycles. The summed E-state index contributed by atoms with van der Waals surface area (Å²) >= 11 is 8.92. The van der Waals surface area contributed by atoms with Crippen LogP contribution in [0.25, 0.3) is 0 Å². The highest BCUT2D eigenvalue weighted by Gasteiger charge is 2.42. The first-order valence-corrected chi connectivity index (χ1v) is 6.89. The maximum absolute atomic E-state index is 14.0.